The number of methoxy groups -OCH3 is 1. The summed E-state index contributed by atoms with van der Waals surface area (Å²) in [6, 6.07) is 5.97. The predicted molar refractivity (Wildman–Crippen MR) is 112 cm³/mol. The molecule has 1 saturated heterocycles. The number of benzene rings is 1. The number of aromatic amines is 1. The summed E-state index contributed by atoms with van der Waals surface area (Å²) in [5, 5.41) is 1.06. The first-order valence-corrected chi connectivity index (χ1v) is 9.95. The number of rotatable bonds is 3. The van der Waals surface area contributed by atoms with Gasteiger partial charge in [0.15, 0.2) is 0 Å². The molecular formula is C22H28N4O3. The van der Waals surface area contributed by atoms with Crippen molar-refractivity contribution in [2.45, 2.75) is 45.3 Å². The van der Waals surface area contributed by atoms with Crippen molar-refractivity contribution in [1.29, 1.82) is 0 Å². The zero-order chi connectivity index (χ0) is 20.8. The molecule has 0 bridgehead atoms. The van der Waals surface area contributed by atoms with Gasteiger partial charge in [-0.3, -0.25) is 4.90 Å². The van der Waals surface area contributed by atoms with E-state index in [4.69, 9.17) is 9.47 Å². The number of carbonyl (C=O) groups excluding carboxylic acids is 1. The number of fused-ring (bicyclic) bond motifs is 1. The highest BCUT2D eigenvalue weighted by molar-refractivity contribution is 5.97. The average Bonchev–Trinajstić information content (AvgIpc) is 3.39. The van der Waals surface area contributed by atoms with Crippen LogP contribution in [0.4, 0.5) is 4.79 Å². The molecule has 0 spiro atoms. The number of aryl methyl sites for hydroxylation is 1. The van der Waals surface area contributed by atoms with Crippen LogP contribution in [0.25, 0.3) is 22.2 Å². The summed E-state index contributed by atoms with van der Waals surface area (Å²) in [6.07, 6.45) is 5.38. The molecule has 1 aromatic carbocycles. The number of hydrogen-bond acceptors (Lipinski definition) is 4. The van der Waals surface area contributed by atoms with Crippen molar-refractivity contribution in [2.75, 3.05) is 13.7 Å². The normalized spacial score (nSPS) is 17.1. The molecule has 154 valence electrons. The van der Waals surface area contributed by atoms with Crippen LogP contribution in [0.15, 0.2) is 30.6 Å². The van der Waals surface area contributed by atoms with Crippen molar-refractivity contribution >= 4 is 17.0 Å². The highest BCUT2D eigenvalue weighted by Gasteiger charge is 2.35. The lowest BCUT2D eigenvalue weighted by Crippen LogP contribution is -2.36. The Morgan fingerprint density at radius 3 is 2.79 bits per heavy atom. The molecule has 2 aromatic heterocycles. The van der Waals surface area contributed by atoms with E-state index in [1.165, 1.54) is 0 Å². The molecule has 29 heavy (non-hydrogen) atoms. The Morgan fingerprint density at radius 1 is 1.28 bits per heavy atom. The van der Waals surface area contributed by atoms with Gasteiger partial charge in [0.25, 0.3) is 0 Å². The predicted octanol–water partition coefficient (Wildman–Crippen LogP) is 4.65. The minimum Gasteiger partial charge on any atom is -0.496 e. The van der Waals surface area contributed by atoms with E-state index in [0.717, 1.165) is 46.6 Å². The van der Waals surface area contributed by atoms with E-state index in [0.29, 0.717) is 6.54 Å². The van der Waals surface area contributed by atoms with Crippen LogP contribution in [0.5, 0.6) is 5.75 Å². The summed E-state index contributed by atoms with van der Waals surface area (Å²) < 4.78 is 13.2. The van der Waals surface area contributed by atoms with Crippen LogP contribution in [-0.4, -0.2) is 44.8 Å². The Balaban J connectivity index is 1.66. The minimum absolute atomic E-state index is 0.0965. The molecular weight excluding hydrogens is 368 g/mol. The second kappa shape index (κ2) is 7.13. The first-order chi connectivity index (χ1) is 13.8. The Kier molecular flexibility index (Phi) is 4.76. The van der Waals surface area contributed by atoms with Gasteiger partial charge in [0, 0.05) is 30.7 Å². The van der Waals surface area contributed by atoms with Crippen LogP contribution in [0.3, 0.4) is 0 Å². The van der Waals surface area contributed by atoms with Crippen molar-refractivity contribution in [3.8, 4) is 17.0 Å². The molecule has 1 amide bonds. The third-order valence-corrected chi connectivity index (χ3v) is 5.30. The quantitative estimate of drug-likeness (QED) is 0.699. The number of amides is 1. The number of aromatic nitrogens is 3. The van der Waals surface area contributed by atoms with E-state index in [2.05, 4.69) is 20.6 Å². The Hall–Kier alpha value is -2.96. The van der Waals surface area contributed by atoms with E-state index >= 15 is 0 Å². The fourth-order valence-electron chi connectivity index (χ4n) is 4.02. The molecule has 0 aliphatic carbocycles. The first kappa shape index (κ1) is 19.4. The number of nitrogens with one attached hydrogen (secondary N) is 1. The molecule has 1 fully saturated rings. The number of hydrogen-bond donors (Lipinski definition) is 1. The van der Waals surface area contributed by atoms with E-state index in [9.17, 15) is 4.79 Å². The van der Waals surface area contributed by atoms with Gasteiger partial charge in [0.2, 0.25) is 0 Å². The lowest BCUT2D eigenvalue weighted by atomic mass is 10.1. The van der Waals surface area contributed by atoms with Gasteiger partial charge < -0.3 is 19.0 Å². The fourth-order valence-corrected chi connectivity index (χ4v) is 4.02. The van der Waals surface area contributed by atoms with Crippen molar-refractivity contribution in [2.24, 2.45) is 7.05 Å². The molecule has 0 radical (unpaired) electrons. The van der Waals surface area contributed by atoms with Crippen LogP contribution < -0.4 is 4.74 Å². The smallest absolute Gasteiger partial charge is 0.410 e. The number of ether oxygens (including phenoxy) is 2. The summed E-state index contributed by atoms with van der Waals surface area (Å²) in [5.74, 6) is 1.64. The lowest BCUT2D eigenvalue weighted by Gasteiger charge is -2.27. The topological polar surface area (TPSA) is 72.4 Å². The van der Waals surface area contributed by atoms with Crippen molar-refractivity contribution in [3.05, 3.63) is 36.4 Å². The monoisotopic (exact) mass is 396 g/mol. The molecule has 1 atom stereocenters. The summed E-state index contributed by atoms with van der Waals surface area (Å²) in [6.45, 7) is 6.33. The molecule has 1 aliphatic rings. The highest BCUT2D eigenvalue weighted by Crippen LogP contribution is 2.36. The average molecular weight is 396 g/mol. The van der Waals surface area contributed by atoms with E-state index in [1.807, 2.05) is 52.3 Å². The fraction of sp³-hybridized carbons (Fsp3) is 0.455. The summed E-state index contributed by atoms with van der Waals surface area (Å²) in [5.41, 5.74) is 2.54. The molecule has 7 heteroatoms. The van der Waals surface area contributed by atoms with Gasteiger partial charge in [-0.15, -0.1) is 0 Å². The summed E-state index contributed by atoms with van der Waals surface area (Å²) in [7, 11) is 3.70. The summed E-state index contributed by atoms with van der Waals surface area (Å²) >= 11 is 0. The molecule has 1 unspecified atom stereocenters. The van der Waals surface area contributed by atoms with Crippen LogP contribution in [0.2, 0.25) is 0 Å². The van der Waals surface area contributed by atoms with Crippen LogP contribution in [0.1, 0.15) is 45.5 Å². The lowest BCUT2D eigenvalue weighted by molar-refractivity contribution is 0.0218. The van der Waals surface area contributed by atoms with Gasteiger partial charge in [0.05, 0.1) is 30.6 Å². The molecule has 0 saturated carbocycles. The molecule has 7 nitrogen and oxygen atoms in total. The van der Waals surface area contributed by atoms with E-state index in [-0.39, 0.29) is 12.1 Å². The zero-order valence-electron chi connectivity index (χ0n) is 17.7. The van der Waals surface area contributed by atoms with Crippen LogP contribution in [-0.2, 0) is 11.8 Å². The number of imidazole rings is 1. The van der Waals surface area contributed by atoms with Crippen molar-refractivity contribution < 1.29 is 14.3 Å². The van der Waals surface area contributed by atoms with Crippen molar-refractivity contribution in [1.82, 2.24) is 19.4 Å². The number of carbonyl (C=O) groups is 1. The largest absolute Gasteiger partial charge is 0.496 e. The third kappa shape index (κ3) is 3.57. The SMILES string of the molecule is COc1ccc(-c2cnc(C3CCCN3C(=O)OC(C)(C)C)[nH]2)c2c1ccn2C. The Bertz CT molecular complexity index is 1040. The van der Waals surface area contributed by atoms with Crippen molar-refractivity contribution in [3.63, 3.8) is 0 Å². The van der Waals surface area contributed by atoms with Gasteiger partial charge in [-0.05, 0) is 51.8 Å². The summed E-state index contributed by atoms with van der Waals surface area (Å²) in [4.78, 5) is 22.5. The standard InChI is InChI=1S/C22H28N4O3/c1-22(2,3)29-21(27)26-11-6-7-17(26)20-23-13-16(24-20)14-8-9-18(28-5)15-10-12-25(4)19(14)15/h8-10,12-13,17H,6-7,11H2,1-5H3,(H,23,24). The van der Waals surface area contributed by atoms with E-state index < -0.39 is 5.60 Å². The molecule has 4 rings (SSSR count). The first-order valence-electron chi connectivity index (χ1n) is 9.95. The van der Waals surface area contributed by atoms with Gasteiger partial charge >= 0.3 is 6.09 Å². The number of H-pyrrole nitrogens is 1. The highest BCUT2D eigenvalue weighted by atomic mass is 16.6. The molecule has 1 aliphatic heterocycles. The third-order valence-electron chi connectivity index (χ3n) is 5.30. The Morgan fingerprint density at radius 2 is 2.07 bits per heavy atom. The van der Waals surface area contributed by atoms with Gasteiger partial charge in [-0.25, -0.2) is 9.78 Å². The maximum absolute atomic E-state index is 12.6. The number of likely N-dealkylation sites (tertiary alicyclic amines) is 1. The molecule has 1 N–H and O–H groups in total. The Labute approximate surface area is 170 Å². The maximum atomic E-state index is 12.6. The van der Waals surface area contributed by atoms with Crippen LogP contribution in [0, 0.1) is 0 Å². The second-order valence-corrected chi connectivity index (χ2v) is 8.52. The van der Waals surface area contributed by atoms with E-state index in [1.54, 1.807) is 12.0 Å². The minimum atomic E-state index is -0.514. The number of nitrogens with zero attached hydrogens (tertiary/aromatic N) is 3. The maximum Gasteiger partial charge on any atom is 0.410 e. The van der Waals surface area contributed by atoms with Gasteiger partial charge in [0.1, 0.15) is 17.2 Å². The van der Waals surface area contributed by atoms with Gasteiger partial charge in [-0.1, -0.05) is 0 Å². The van der Waals surface area contributed by atoms with Gasteiger partial charge in [-0.2, -0.15) is 0 Å². The van der Waals surface area contributed by atoms with Crippen LogP contribution >= 0.6 is 0 Å². The zero-order valence-corrected chi connectivity index (χ0v) is 17.7. The molecule has 3 heterocycles. The second-order valence-electron chi connectivity index (χ2n) is 8.52. The molecule has 3 aromatic rings.